The largest absolute Gasteiger partial charge is 0.497 e. The van der Waals surface area contributed by atoms with Crippen LogP contribution in [0.5, 0.6) is 5.75 Å². The fourth-order valence-electron chi connectivity index (χ4n) is 13.0. The van der Waals surface area contributed by atoms with Crippen molar-refractivity contribution in [3.8, 4) is 5.75 Å². The Morgan fingerprint density at radius 1 is 0.673 bits per heavy atom. The fourth-order valence-corrected chi connectivity index (χ4v) is 13.0. The van der Waals surface area contributed by atoms with Gasteiger partial charge in [0.2, 0.25) is 65.0 Å². The maximum atomic E-state index is 15.4. The van der Waals surface area contributed by atoms with Gasteiger partial charge in [-0.3, -0.25) is 57.5 Å². The van der Waals surface area contributed by atoms with Crippen molar-refractivity contribution in [1.82, 2.24) is 78.0 Å². The van der Waals surface area contributed by atoms with Gasteiger partial charge in [-0.05, 0) is 129 Å². The molecule has 0 radical (unpaired) electrons. The Kier molecular flexibility index (Phi) is 26.7. The lowest BCUT2D eigenvalue weighted by atomic mass is 9.94. The maximum absolute atomic E-state index is 15.4. The second-order valence-electron chi connectivity index (χ2n) is 26.9. The molecule has 4 aromatic carbocycles. The number of fused-ring (bicyclic) bond motifs is 33. The predicted octanol–water partition coefficient (Wildman–Crippen LogP) is 1.05. The number of carboxylic acid groups (broad SMARTS) is 1. The van der Waals surface area contributed by atoms with Crippen LogP contribution in [-0.2, 0) is 96.2 Å². The van der Waals surface area contributed by atoms with Gasteiger partial charge in [-0.2, -0.15) is 0 Å². The molecule has 1 saturated heterocycles. The van der Waals surface area contributed by atoms with E-state index in [1.807, 2.05) is 0 Å². The monoisotopic (exact) mass is 1480 g/mol. The topological polar surface area (TPSA) is 470 Å². The number of benzene rings is 4. The van der Waals surface area contributed by atoms with Gasteiger partial charge in [0.05, 0.1) is 32.3 Å². The van der Waals surface area contributed by atoms with E-state index >= 15 is 28.0 Å². The zero-order valence-corrected chi connectivity index (χ0v) is 59.5. The summed E-state index contributed by atoms with van der Waals surface area (Å²) in [7, 11) is 1.46. The lowest BCUT2D eigenvalue weighted by Gasteiger charge is -2.37. The third kappa shape index (κ3) is 21.1. The average molecular weight is 1480 g/mol. The van der Waals surface area contributed by atoms with Crippen molar-refractivity contribution in [3.05, 3.63) is 167 Å². The number of aromatic nitrogens is 4. The molecule has 31 nitrogen and oxygen atoms in total. The number of carboxylic acids is 1. The molecule has 18 N–H and O–H groups in total. The number of nitrogens with one attached hydrogen (secondary N) is 13. The van der Waals surface area contributed by atoms with Crippen LogP contribution in [0, 0.1) is 11.6 Å². The smallest absolute Gasteiger partial charge is 0.305 e. The zero-order chi connectivity index (χ0) is 77.2. The number of amides is 11. The second kappa shape index (κ2) is 36.1. The highest BCUT2D eigenvalue weighted by molar-refractivity contribution is 6.00. The van der Waals surface area contributed by atoms with Crippen LogP contribution >= 0.6 is 0 Å². The number of unbranched alkanes of at least 4 members (excludes halogenated alkanes) is 1. The first-order chi connectivity index (χ1) is 51.1. The standard InChI is InChI=1S/C74H89F2N17O14/c1-39-56(27-45-35-80-53-20-16-47(75)29-51(45)53)88-68(101)58(28-46-36-81-54-21-17-48(76)30-52(46)54)89-66(99)40(2)85-67(100)55(9-6-7-23-77)87-70(103)60(86-41(3)94)32-63(95)82-34-44-12-10-42(11-13-44)25-57(65(78)98)92-73(106)74(4)22-8-24-93(74)72(105)62(26-43-14-18-50(107-5)19-15-43)91-69(102)59(31-49-37-79-38-83-49)90-71(104)61(84-39)33-64(96)97/h10-21,29-30,35-38,40,55-62,80-81,84H,1,6-9,22-28,31-34,77H2,2-5H3,(H2,78,98)(H,79,83)(H,82,95)(H,85,100)(H,86,94)(H,87,103)(H,88,101)(H,89,99)(H,90,104)(H,91,102)(H,92,106)(H,96,97)/t40-,55+,56+,57+,58+,59+,60+,61+,62+,74+/m1/s1. The zero-order valence-electron chi connectivity index (χ0n) is 59.5. The summed E-state index contributed by atoms with van der Waals surface area (Å²) < 4.78 is 35.5. The average Bonchev–Trinajstić information content (AvgIpc) is 1.68. The van der Waals surface area contributed by atoms with Gasteiger partial charge in [0.1, 0.15) is 71.3 Å². The third-order valence-corrected chi connectivity index (χ3v) is 19.0. The molecule has 11 amide bonds. The van der Waals surface area contributed by atoms with Gasteiger partial charge in [0.25, 0.3) is 0 Å². The summed E-state index contributed by atoms with van der Waals surface area (Å²) in [5, 5.41) is 38.1. The summed E-state index contributed by atoms with van der Waals surface area (Å²) in [6.45, 7) is 8.22. The van der Waals surface area contributed by atoms with Crippen molar-refractivity contribution in [2.45, 2.75) is 164 Å². The minimum atomic E-state index is -1.83. The van der Waals surface area contributed by atoms with Crippen LogP contribution < -0.4 is 69.4 Å². The molecule has 1 fully saturated rings. The molecule has 6 heterocycles. The number of hydrogen-bond acceptors (Lipinski definition) is 16. The number of carbonyl (C=O) groups is 12. The van der Waals surface area contributed by atoms with Crippen molar-refractivity contribution in [1.29, 1.82) is 0 Å². The van der Waals surface area contributed by atoms with Gasteiger partial charge in [-0.15, -0.1) is 0 Å². The third-order valence-electron chi connectivity index (χ3n) is 19.0. The predicted molar refractivity (Wildman–Crippen MR) is 386 cm³/mol. The van der Waals surface area contributed by atoms with Gasteiger partial charge < -0.3 is 94.3 Å². The molecule has 2 bridgehead atoms. The molecule has 107 heavy (non-hydrogen) atoms. The number of nitrogens with two attached hydrogens (primary N) is 2. The van der Waals surface area contributed by atoms with Crippen molar-refractivity contribution in [2.75, 3.05) is 20.2 Å². The number of halogens is 2. The molecule has 33 heteroatoms. The normalized spacial score (nSPS) is 23.2. The highest BCUT2D eigenvalue weighted by Gasteiger charge is 2.49. The number of H-pyrrole nitrogens is 3. The molecular formula is C74H89F2N17O14. The van der Waals surface area contributed by atoms with E-state index in [0.29, 0.717) is 73.9 Å². The van der Waals surface area contributed by atoms with E-state index in [1.54, 1.807) is 48.5 Å². The van der Waals surface area contributed by atoms with E-state index < -0.39 is 155 Å². The molecule has 3 aliphatic rings. The van der Waals surface area contributed by atoms with Crippen LogP contribution in [0.3, 0.4) is 0 Å². The number of hydrogen-bond donors (Lipinski definition) is 16. The van der Waals surface area contributed by atoms with E-state index in [-0.39, 0.29) is 76.7 Å². The quantitative estimate of drug-likeness (QED) is 0.0448. The van der Waals surface area contributed by atoms with Crippen LogP contribution in [0.25, 0.3) is 21.8 Å². The van der Waals surface area contributed by atoms with Crippen LogP contribution in [0.1, 0.15) is 99.2 Å². The maximum Gasteiger partial charge on any atom is 0.305 e. The highest BCUT2D eigenvalue weighted by atomic mass is 19.1. The van der Waals surface area contributed by atoms with Crippen LogP contribution in [-0.4, -0.2) is 181 Å². The molecule has 0 saturated carbocycles. The first kappa shape index (κ1) is 79.1. The van der Waals surface area contributed by atoms with Crippen molar-refractivity contribution < 1.29 is 76.2 Å². The van der Waals surface area contributed by atoms with Gasteiger partial charge in [-0.1, -0.05) is 43.0 Å². The van der Waals surface area contributed by atoms with Gasteiger partial charge in [-0.25, -0.2) is 13.8 Å². The summed E-state index contributed by atoms with van der Waals surface area (Å²) in [6, 6.07) is 7.16. The summed E-state index contributed by atoms with van der Waals surface area (Å²) in [5.74, 6) is -12.0. The Morgan fingerprint density at radius 3 is 1.85 bits per heavy atom. The van der Waals surface area contributed by atoms with Crippen molar-refractivity contribution in [3.63, 3.8) is 0 Å². The van der Waals surface area contributed by atoms with Crippen LogP contribution in [0.2, 0.25) is 0 Å². The Balaban J connectivity index is 1.10. The van der Waals surface area contributed by atoms with E-state index in [0.717, 1.165) is 6.92 Å². The Hall–Kier alpha value is -12.0. The molecule has 568 valence electrons. The van der Waals surface area contributed by atoms with Crippen LogP contribution in [0.15, 0.2) is 122 Å². The van der Waals surface area contributed by atoms with Crippen LogP contribution in [0.4, 0.5) is 8.78 Å². The number of carbonyl (C=O) groups excluding carboxylic acids is 11. The van der Waals surface area contributed by atoms with Crippen molar-refractivity contribution in [2.24, 2.45) is 11.5 Å². The minimum absolute atomic E-state index is 0.00579. The summed E-state index contributed by atoms with van der Waals surface area (Å²) in [5.41, 5.74) is 13.3. The lowest BCUT2D eigenvalue weighted by molar-refractivity contribution is -0.147. The number of aromatic amines is 3. The van der Waals surface area contributed by atoms with E-state index in [2.05, 4.69) is 79.7 Å². The molecule has 0 aliphatic carbocycles. The van der Waals surface area contributed by atoms with Gasteiger partial charge in [0.15, 0.2) is 0 Å². The molecule has 3 aromatic heterocycles. The molecule has 10 atom stereocenters. The summed E-state index contributed by atoms with van der Waals surface area (Å²) >= 11 is 0. The molecule has 0 unspecified atom stereocenters. The summed E-state index contributed by atoms with van der Waals surface area (Å²) in [4.78, 5) is 185. The van der Waals surface area contributed by atoms with E-state index in [1.165, 1.54) is 87.2 Å². The van der Waals surface area contributed by atoms with Crippen molar-refractivity contribution >= 4 is 92.8 Å². The number of ether oxygens (including phenoxy) is 1. The fraction of sp³-hybridized carbons (Fsp3) is 0.392. The Morgan fingerprint density at radius 2 is 1.25 bits per heavy atom. The molecule has 7 aromatic rings. The first-order valence-electron chi connectivity index (χ1n) is 34.9. The summed E-state index contributed by atoms with van der Waals surface area (Å²) in [6.07, 6.45) is 3.81. The Bertz CT molecular complexity index is 4430. The first-order valence-corrected chi connectivity index (χ1v) is 34.9. The number of imidazole rings is 1. The lowest BCUT2D eigenvalue weighted by Crippen LogP contribution is -2.63. The number of primary amides is 1. The SMILES string of the molecule is C=C1N[C@@H](CC(=O)O)C(=O)N[C@@H](Cc2cnc[nH]2)C(=O)N[C@@H](Cc2ccc(OC)cc2)C(=O)N2CCC[C@@]2(C)C(=O)N[C@H](C(N)=O)Cc2ccc(cc2)CNC(=O)C[C@H](NC(C)=O)C(=O)N[C@@H](CCCCN)C(=O)N[C@H](C)C(=O)N[C@@H](Cc2c[nH]c3ccc(F)cc23)C(=O)N[C@H]1Cc1c[nH]c2ccc(F)cc12. The molecule has 0 spiro atoms. The number of nitrogens with zero attached hydrogens (tertiary/aromatic N) is 2. The molecule has 10 rings (SSSR count). The molecule has 3 aliphatic heterocycles. The van der Waals surface area contributed by atoms with E-state index in [9.17, 15) is 43.5 Å². The highest BCUT2D eigenvalue weighted by Crippen LogP contribution is 2.32. The van der Waals surface area contributed by atoms with Gasteiger partial charge in [0, 0.05) is 104 Å². The minimum Gasteiger partial charge on any atom is -0.497 e. The van der Waals surface area contributed by atoms with Gasteiger partial charge >= 0.3 is 5.97 Å². The molecular weight excluding hydrogens is 1390 g/mol. The number of rotatable bonds is 17. The Labute approximate surface area is 613 Å². The number of methoxy groups -OCH3 is 1. The second-order valence-corrected chi connectivity index (χ2v) is 26.9. The van der Waals surface area contributed by atoms with E-state index in [4.69, 9.17) is 16.2 Å². The number of aliphatic carboxylic acids is 1.